The molecule has 0 aliphatic carbocycles. The standard InChI is InChI=1S/C10H18O4Si/c1-7(2)8(6-9(11)12)10(13)14-15(3,4)5/h6-7H,1-5H3,(H,11,12). The van der Waals surface area contributed by atoms with Gasteiger partial charge in [-0.05, 0) is 25.6 Å². The number of carboxylic acids is 1. The molecule has 0 aromatic carbocycles. The minimum absolute atomic E-state index is 0.148. The van der Waals surface area contributed by atoms with E-state index >= 15 is 0 Å². The van der Waals surface area contributed by atoms with E-state index in [-0.39, 0.29) is 11.5 Å². The molecule has 1 N–H and O–H groups in total. The summed E-state index contributed by atoms with van der Waals surface area (Å²) in [5, 5.41) is 8.61. The Balaban J connectivity index is 4.81. The molecule has 0 saturated heterocycles. The summed E-state index contributed by atoms with van der Waals surface area (Å²) in [7, 11) is -1.96. The number of carbonyl (C=O) groups is 2. The van der Waals surface area contributed by atoms with Gasteiger partial charge in [-0.1, -0.05) is 13.8 Å². The maximum Gasteiger partial charge on any atom is 0.328 e. The second-order valence-corrected chi connectivity index (χ2v) is 9.02. The zero-order valence-electron chi connectivity index (χ0n) is 9.83. The van der Waals surface area contributed by atoms with Gasteiger partial charge in [0.1, 0.15) is 0 Å². The van der Waals surface area contributed by atoms with Gasteiger partial charge in [0.25, 0.3) is 0 Å². The molecule has 0 saturated carbocycles. The van der Waals surface area contributed by atoms with Gasteiger partial charge in [-0.15, -0.1) is 0 Å². The Bertz CT molecular complexity index is 286. The van der Waals surface area contributed by atoms with E-state index in [2.05, 4.69) is 0 Å². The summed E-state index contributed by atoms with van der Waals surface area (Å²) in [4.78, 5) is 22.1. The lowest BCUT2D eigenvalue weighted by atomic mass is 10.0. The number of carboxylic acid groups (broad SMARTS) is 1. The highest BCUT2D eigenvalue weighted by molar-refractivity contribution is 6.71. The van der Waals surface area contributed by atoms with Crippen molar-refractivity contribution in [2.24, 2.45) is 5.92 Å². The van der Waals surface area contributed by atoms with Crippen LogP contribution in [-0.4, -0.2) is 25.4 Å². The first-order valence-corrected chi connectivity index (χ1v) is 8.22. The Morgan fingerprint density at radius 2 is 1.73 bits per heavy atom. The molecule has 0 atom stereocenters. The molecule has 5 heteroatoms. The van der Waals surface area contributed by atoms with Gasteiger partial charge in [0, 0.05) is 11.6 Å². The first-order valence-electron chi connectivity index (χ1n) is 4.81. The molecular formula is C10H18O4Si. The van der Waals surface area contributed by atoms with Crippen molar-refractivity contribution in [2.75, 3.05) is 0 Å². The van der Waals surface area contributed by atoms with E-state index in [1.807, 2.05) is 19.6 Å². The summed E-state index contributed by atoms with van der Waals surface area (Å²) < 4.78 is 5.23. The van der Waals surface area contributed by atoms with Crippen molar-refractivity contribution < 1.29 is 19.1 Å². The van der Waals surface area contributed by atoms with Gasteiger partial charge in [0.15, 0.2) is 0 Å². The molecule has 0 heterocycles. The average Bonchev–Trinajstić information content (AvgIpc) is 1.95. The smallest absolute Gasteiger partial charge is 0.328 e. The lowest BCUT2D eigenvalue weighted by Crippen LogP contribution is -2.31. The largest absolute Gasteiger partial charge is 0.517 e. The minimum atomic E-state index is -1.96. The third kappa shape index (κ3) is 6.06. The number of hydrogen-bond donors (Lipinski definition) is 1. The third-order valence-electron chi connectivity index (χ3n) is 1.54. The van der Waals surface area contributed by atoms with Crippen LogP contribution >= 0.6 is 0 Å². The van der Waals surface area contributed by atoms with Crippen molar-refractivity contribution in [3.05, 3.63) is 11.6 Å². The van der Waals surface area contributed by atoms with Crippen LogP contribution in [0.2, 0.25) is 19.6 Å². The highest BCUT2D eigenvalue weighted by Gasteiger charge is 2.24. The molecule has 0 radical (unpaired) electrons. The predicted molar refractivity (Wildman–Crippen MR) is 60.0 cm³/mol. The van der Waals surface area contributed by atoms with Crippen molar-refractivity contribution in [3.8, 4) is 0 Å². The molecule has 0 unspecified atom stereocenters. The van der Waals surface area contributed by atoms with Gasteiger partial charge < -0.3 is 9.53 Å². The van der Waals surface area contributed by atoms with Gasteiger partial charge in [0.2, 0.25) is 8.32 Å². The fourth-order valence-electron chi connectivity index (χ4n) is 0.931. The van der Waals surface area contributed by atoms with Crippen LogP contribution in [0.3, 0.4) is 0 Å². The fourth-order valence-corrected chi connectivity index (χ4v) is 1.61. The van der Waals surface area contributed by atoms with Crippen LogP contribution in [0.15, 0.2) is 11.6 Å². The van der Waals surface area contributed by atoms with Crippen molar-refractivity contribution in [2.45, 2.75) is 33.5 Å². The highest BCUT2D eigenvalue weighted by Crippen LogP contribution is 2.15. The molecule has 0 aromatic heterocycles. The van der Waals surface area contributed by atoms with Crippen LogP contribution in [0.4, 0.5) is 0 Å². The van der Waals surface area contributed by atoms with Gasteiger partial charge in [-0.3, -0.25) is 0 Å². The Morgan fingerprint density at radius 3 is 2.00 bits per heavy atom. The molecule has 0 aromatic rings. The van der Waals surface area contributed by atoms with Crippen LogP contribution in [0.1, 0.15) is 13.8 Å². The quantitative estimate of drug-likeness (QED) is 0.593. The summed E-state index contributed by atoms with van der Waals surface area (Å²) in [5.41, 5.74) is 0.213. The third-order valence-corrected chi connectivity index (χ3v) is 2.33. The summed E-state index contributed by atoms with van der Waals surface area (Å²) in [6.07, 6.45) is 0.924. The van der Waals surface area contributed by atoms with E-state index in [4.69, 9.17) is 9.53 Å². The summed E-state index contributed by atoms with van der Waals surface area (Å²) in [6.45, 7) is 9.16. The number of hydrogen-bond acceptors (Lipinski definition) is 3. The second kappa shape index (κ2) is 5.11. The molecule has 86 valence electrons. The Hall–Kier alpha value is -1.10. The van der Waals surface area contributed by atoms with E-state index < -0.39 is 20.3 Å². The van der Waals surface area contributed by atoms with Crippen LogP contribution in [0, 0.1) is 5.92 Å². The van der Waals surface area contributed by atoms with E-state index in [0.29, 0.717) is 0 Å². The summed E-state index contributed by atoms with van der Waals surface area (Å²) in [5.74, 6) is -1.78. The molecule has 0 aliphatic heterocycles. The van der Waals surface area contributed by atoms with Crippen LogP contribution in [0.5, 0.6) is 0 Å². The van der Waals surface area contributed by atoms with E-state index in [0.717, 1.165) is 6.08 Å². The molecule has 0 bridgehead atoms. The highest BCUT2D eigenvalue weighted by atomic mass is 28.4. The molecule has 4 nitrogen and oxygen atoms in total. The maximum atomic E-state index is 11.6. The lowest BCUT2D eigenvalue weighted by molar-refractivity contribution is -0.134. The zero-order chi connectivity index (χ0) is 12.2. The fraction of sp³-hybridized carbons (Fsp3) is 0.600. The molecule has 0 spiro atoms. The normalized spacial score (nSPS) is 12.8. The molecule has 0 amide bonds. The molecular weight excluding hydrogens is 212 g/mol. The monoisotopic (exact) mass is 230 g/mol. The van der Waals surface area contributed by atoms with Crippen LogP contribution in [0.25, 0.3) is 0 Å². The van der Waals surface area contributed by atoms with Gasteiger partial charge in [-0.25, -0.2) is 9.59 Å². The molecule has 0 fully saturated rings. The zero-order valence-corrected chi connectivity index (χ0v) is 10.8. The van der Waals surface area contributed by atoms with Gasteiger partial charge in [0.05, 0.1) is 0 Å². The number of carbonyl (C=O) groups excluding carboxylic acids is 1. The van der Waals surface area contributed by atoms with Crippen LogP contribution in [-0.2, 0) is 14.0 Å². The van der Waals surface area contributed by atoms with Gasteiger partial charge in [-0.2, -0.15) is 0 Å². The first kappa shape index (κ1) is 13.9. The molecule has 0 aliphatic rings. The maximum absolute atomic E-state index is 11.6. The van der Waals surface area contributed by atoms with Crippen molar-refractivity contribution >= 4 is 20.3 Å². The second-order valence-electron chi connectivity index (χ2n) is 4.59. The summed E-state index contributed by atoms with van der Waals surface area (Å²) in [6, 6.07) is 0. The minimum Gasteiger partial charge on any atom is -0.517 e. The van der Waals surface area contributed by atoms with Crippen molar-refractivity contribution in [3.63, 3.8) is 0 Å². The van der Waals surface area contributed by atoms with E-state index in [1.165, 1.54) is 0 Å². The lowest BCUT2D eigenvalue weighted by Gasteiger charge is -2.19. The number of rotatable bonds is 4. The SMILES string of the molecule is CC(C)C(=CC(=O)O)C(=O)O[Si](C)(C)C. The Labute approximate surface area is 91.1 Å². The van der Waals surface area contributed by atoms with Crippen molar-refractivity contribution in [1.29, 1.82) is 0 Å². The van der Waals surface area contributed by atoms with Gasteiger partial charge >= 0.3 is 11.9 Å². The topological polar surface area (TPSA) is 63.6 Å². The van der Waals surface area contributed by atoms with Crippen LogP contribution < -0.4 is 0 Å². The molecule has 15 heavy (non-hydrogen) atoms. The van der Waals surface area contributed by atoms with E-state index in [1.54, 1.807) is 13.8 Å². The average molecular weight is 230 g/mol. The molecule has 0 rings (SSSR count). The number of aliphatic carboxylic acids is 1. The first-order chi connectivity index (χ1) is 6.63. The Morgan fingerprint density at radius 1 is 1.27 bits per heavy atom. The predicted octanol–water partition coefficient (Wildman–Crippen LogP) is 2.03. The Kier molecular flexibility index (Phi) is 4.74. The summed E-state index contributed by atoms with van der Waals surface area (Å²) >= 11 is 0. The van der Waals surface area contributed by atoms with Crippen molar-refractivity contribution in [1.82, 2.24) is 0 Å². The van der Waals surface area contributed by atoms with E-state index in [9.17, 15) is 9.59 Å².